The van der Waals surface area contributed by atoms with E-state index in [-0.39, 0.29) is 0 Å². The van der Waals surface area contributed by atoms with Crippen LogP contribution in [-0.4, -0.2) is 0 Å². The van der Waals surface area contributed by atoms with Gasteiger partial charge in [0, 0.05) is 30.7 Å². The van der Waals surface area contributed by atoms with Crippen molar-refractivity contribution in [2.75, 3.05) is 0 Å². The molecule has 0 saturated heterocycles. The van der Waals surface area contributed by atoms with Crippen LogP contribution < -0.4 is 9.13 Å². The average Bonchev–Trinajstić information content (AvgIpc) is 2.52. The van der Waals surface area contributed by atoms with Crippen molar-refractivity contribution in [1.82, 2.24) is 0 Å². The summed E-state index contributed by atoms with van der Waals surface area (Å²) in [7, 11) is 0. The van der Waals surface area contributed by atoms with Gasteiger partial charge in [-0.1, -0.05) is 19.8 Å². The molecule has 2 rings (SSSR count). The zero-order chi connectivity index (χ0) is 14.2. The lowest BCUT2D eigenvalue weighted by Gasteiger charge is -2.01. The normalized spacial score (nSPS) is 10.7. The lowest BCUT2D eigenvalue weighted by atomic mass is 10.1. The van der Waals surface area contributed by atoms with Gasteiger partial charge >= 0.3 is 0 Å². The fraction of sp³-hybridized carbons (Fsp3) is 0.444. The molecule has 0 unspecified atom stereocenters. The Morgan fingerprint density at radius 2 is 1.25 bits per heavy atom. The number of pyridine rings is 2. The number of hydrogen-bond acceptors (Lipinski definition) is 0. The summed E-state index contributed by atoms with van der Waals surface area (Å²) in [5.74, 6) is 0. The van der Waals surface area contributed by atoms with Crippen molar-refractivity contribution in [3.63, 3.8) is 0 Å². The van der Waals surface area contributed by atoms with Crippen molar-refractivity contribution < 1.29 is 9.13 Å². The molecule has 0 bridgehead atoms. The van der Waals surface area contributed by atoms with Crippen molar-refractivity contribution in [2.24, 2.45) is 0 Å². The summed E-state index contributed by atoms with van der Waals surface area (Å²) in [5.41, 5.74) is 2.57. The van der Waals surface area contributed by atoms with E-state index in [2.05, 4.69) is 72.0 Å². The predicted octanol–water partition coefficient (Wildman–Crippen LogP) is 3.53. The molecule has 2 aromatic heterocycles. The molecule has 2 heteroatoms. The number of unbranched alkanes of at least 4 members (excludes halogenated alkanes) is 3. The van der Waals surface area contributed by atoms with Gasteiger partial charge in [-0.05, 0) is 24.5 Å². The third-order valence-corrected chi connectivity index (χ3v) is 3.75. The third-order valence-electron chi connectivity index (χ3n) is 3.75. The molecule has 2 aromatic rings. The highest BCUT2D eigenvalue weighted by molar-refractivity contribution is 5.60. The third kappa shape index (κ3) is 4.16. The van der Waals surface area contributed by atoms with Gasteiger partial charge in [0.2, 0.25) is 0 Å². The van der Waals surface area contributed by atoms with Crippen molar-refractivity contribution >= 4 is 0 Å². The van der Waals surface area contributed by atoms with Crippen LogP contribution >= 0.6 is 0 Å². The second-order valence-corrected chi connectivity index (χ2v) is 5.30. The number of aryl methyl sites for hydroxylation is 2. The monoisotopic (exact) mass is 270 g/mol. The summed E-state index contributed by atoms with van der Waals surface area (Å²) in [5, 5.41) is 0. The van der Waals surface area contributed by atoms with Crippen LogP contribution in [0.1, 0.15) is 39.5 Å². The Morgan fingerprint density at radius 3 is 1.75 bits per heavy atom. The van der Waals surface area contributed by atoms with E-state index >= 15 is 0 Å². The molecule has 0 spiro atoms. The van der Waals surface area contributed by atoms with Crippen molar-refractivity contribution in [3.8, 4) is 11.1 Å². The molecule has 20 heavy (non-hydrogen) atoms. The number of nitrogens with zero attached hydrogens (tertiary/aromatic N) is 2. The molecule has 106 valence electrons. The summed E-state index contributed by atoms with van der Waals surface area (Å²) in [6.07, 6.45) is 13.9. The lowest BCUT2D eigenvalue weighted by molar-refractivity contribution is -0.697. The van der Waals surface area contributed by atoms with Crippen molar-refractivity contribution in [1.29, 1.82) is 0 Å². The first-order valence-corrected chi connectivity index (χ1v) is 7.82. The quantitative estimate of drug-likeness (QED) is 0.537. The molecule has 0 aliphatic heterocycles. The van der Waals surface area contributed by atoms with Crippen LogP contribution in [0.2, 0.25) is 0 Å². The maximum Gasteiger partial charge on any atom is 0.169 e. The fourth-order valence-corrected chi connectivity index (χ4v) is 2.38. The molecule has 0 aliphatic carbocycles. The average molecular weight is 270 g/mol. The molecule has 2 nitrogen and oxygen atoms in total. The number of rotatable bonds is 7. The molecule has 0 saturated carbocycles. The summed E-state index contributed by atoms with van der Waals surface area (Å²) in [6.45, 7) is 6.56. The zero-order valence-corrected chi connectivity index (χ0v) is 12.8. The Balaban J connectivity index is 1.96. The number of hydrogen-bond donors (Lipinski definition) is 0. The smallest absolute Gasteiger partial charge is 0.169 e. The standard InChI is InChI=1S/C18H26N2/c1-3-5-6-7-12-20-15-10-18(11-16-20)17-8-13-19(4-2)14-9-17/h8-11,13-16H,3-7,12H2,1-2H3/q+2. The van der Waals surface area contributed by atoms with Crippen molar-refractivity contribution in [3.05, 3.63) is 49.1 Å². The summed E-state index contributed by atoms with van der Waals surface area (Å²) in [6, 6.07) is 8.80. The van der Waals surface area contributed by atoms with Crippen LogP contribution in [0, 0.1) is 0 Å². The molecular weight excluding hydrogens is 244 g/mol. The van der Waals surface area contributed by atoms with Crippen LogP contribution in [0.4, 0.5) is 0 Å². The SMILES string of the molecule is CCCCCC[n+]1ccc(-c2cc[n+](CC)cc2)cc1. The highest BCUT2D eigenvalue weighted by atomic mass is 14.9. The van der Waals surface area contributed by atoms with Gasteiger partial charge in [0.05, 0.1) is 0 Å². The van der Waals surface area contributed by atoms with Crippen LogP contribution in [0.15, 0.2) is 49.1 Å². The Hall–Kier alpha value is -1.70. The highest BCUT2D eigenvalue weighted by Gasteiger charge is 2.04. The van der Waals surface area contributed by atoms with Gasteiger partial charge < -0.3 is 0 Å². The molecule has 0 N–H and O–H groups in total. The van der Waals surface area contributed by atoms with Crippen LogP contribution in [0.5, 0.6) is 0 Å². The molecule has 0 radical (unpaired) electrons. The second kappa shape index (κ2) is 7.78. The minimum atomic E-state index is 1.02. The maximum atomic E-state index is 2.29. The van der Waals surface area contributed by atoms with Crippen LogP contribution in [0.25, 0.3) is 11.1 Å². The first kappa shape index (κ1) is 14.7. The molecule has 0 atom stereocenters. The Morgan fingerprint density at radius 1 is 0.700 bits per heavy atom. The van der Waals surface area contributed by atoms with E-state index in [1.165, 1.54) is 36.8 Å². The molecular formula is C18H26N2+2. The van der Waals surface area contributed by atoms with Gasteiger partial charge in [-0.3, -0.25) is 0 Å². The minimum Gasteiger partial charge on any atom is -0.205 e. The first-order chi connectivity index (χ1) is 9.83. The zero-order valence-electron chi connectivity index (χ0n) is 12.8. The van der Waals surface area contributed by atoms with E-state index in [9.17, 15) is 0 Å². The topological polar surface area (TPSA) is 7.76 Å². The summed E-state index contributed by atoms with van der Waals surface area (Å²) in [4.78, 5) is 0. The summed E-state index contributed by atoms with van der Waals surface area (Å²) < 4.78 is 4.47. The summed E-state index contributed by atoms with van der Waals surface area (Å²) >= 11 is 0. The Bertz CT molecular complexity index is 500. The first-order valence-electron chi connectivity index (χ1n) is 7.82. The minimum absolute atomic E-state index is 1.02. The Kier molecular flexibility index (Phi) is 5.72. The van der Waals surface area contributed by atoms with E-state index in [0.717, 1.165) is 13.1 Å². The van der Waals surface area contributed by atoms with E-state index < -0.39 is 0 Å². The lowest BCUT2D eigenvalue weighted by Crippen LogP contribution is -2.32. The fourth-order valence-electron chi connectivity index (χ4n) is 2.38. The van der Waals surface area contributed by atoms with Crippen LogP contribution in [-0.2, 0) is 13.1 Å². The van der Waals surface area contributed by atoms with Crippen molar-refractivity contribution in [2.45, 2.75) is 52.6 Å². The van der Waals surface area contributed by atoms with Gasteiger partial charge in [0.25, 0.3) is 0 Å². The molecule has 0 aliphatic rings. The molecule has 0 aromatic carbocycles. The number of aromatic nitrogens is 2. The second-order valence-electron chi connectivity index (χ2n) is 5.30. The van der Waals surface area contributed by atoms with E-state index in [1.54, 1.807) is 0 Å². The Labute approximate surface area is 122 Å². The van der Waals surface area contributed by atoms with Crippen LogP contribution in [0.3, 0.4) is 0 Å². The van der Waals surface area contributed by atoms with E-state index in [1.807, 2.05) is 0 Å². The largest absolute Gasteiger partial charge is 0.205 e. The van der Waals surface area contributed by atoms with E-state index in [4.69, 9.17) is 0 Å². The van der Waals surface area contributed by atoms with Gasteiger partial charge in [0.15, 0.2) is 24.8 Å². The highest BCUT2D eigenvalue weighted by Crippen LogP contribution is 2.15. The van der Waals surface area contributed by atoms with E-state index in [0.29, 0.717) is 0 Å². The molecule has 0 amide bonds. The predicted molar refractivity (Wildman–Crippen MR) is 82.1 cm³/mol. The van der Waals surface area contributed by atoms with Gasteiger partial charge in [-0.2, -0.15) is 0 Å². The molecule has 2 heterocycles. The van der Waals surface area contributed by atoms with Gasteiger partial charge in [-0.15, -0.1) is 0 Å². The van der Waals surface area contributed by atoms with Gasteiger partial charge in [0.1, 0.15) is 13.1 Å². The van der Waals surface area contributed by atoms with Gasteiger partial charge in [-0.25, -0.2) is 9.13 Å². The molecule has 0 fully saturated rings. The maximum absolute atomic E-state index is 2.29.